The van der Waals surface area contributed by atoms with Crippen LogP contribution in [0, 0.1) is 5.92 Å². The first-order valence-corrected chi connectivity index (χ1v) is 5.33. The van der Waals surface area contributed by atoms with Gasteiger partial charge in [-0.15, -0.1) is 0 Å². The Morgan fingerprint density at radius 3 is 2.87 bits per heavy atom. The Morgan fingerprint density at radius 2 is 2.33 bits per heavy atom. The molecule has 1 N–H and O–H groups in total. The topological polar surface area (TPSA) is 45.5 Å². The summed E-state index contributed by atoms with van der Waals surface area (Å²) in [5.74, 6) is 0.398. The molecule has 1 heterocycles. The van der Waals surface area contributed by atoms with Crippen LogP contribution >= 0.6 is 0 Å². The molecule has 0 aliphatic rings. The summed E-state index contributed by atoms with van der Waals surface area (Å²) in [6.45, 7) is 4.29. The molecule has 0 saturated carbocycles. The minimum absolute atomic E-state index is 0.0167. The van der Waals surface area contributed by atoms with E-state index in [-0.39, 0.29) is 12.6 Å². The first kappa shape index (κ1) is 11.9. The van der Waals surface area contributed by atoms with Crippen LogP contribution in [-0.2, 0) is 0 Å². The Hall–Kier alpha value is -1.22. The van der Waals surface area contributed by atoms with Crippen LogP contribution in [0.1, 0.15) is 26.0 Å². The number of rotatable bonds is 5. The van der Waals surface area contributed by atoms with E-state index in [0.29, 0.717) is 5.92 Å². The Balaban J connectivity index is 2.63. The van der Waals surface area contributed by atoms with Gasteiger partial charge in [-0.3, -0.25) is 9.98 Å². The standard InChI is InChI=1S/C12H18N2O/c1-3-10(2)12(9-15)14-8-11-6-4-5-7-13-11/h4-8,10,12,15H,3,9H2,1-2H3/t10-,12+/m0/s1. The van der Waals surface area contributed by atoms with E-state index < -0.39 is 0 Å². The average molecular weight is 206 g/mol. The second-order valence-electron chi connectivity index (χ2n) is 3.67. The van der Waals surface area contributed by atoms with Gasteiger partial charge in [0.15, 0.2) is 0 Å². The molecule has 82 valence electrons. The van der Waals surface area contributed by atoms with Crippen LogP contribution in [0.15, 0.2) is 29.4 Å². The summed E-state index contributed by atoms with van der Waals surface area (Å²) in [5.41, 5.74) is 0.833. The largest absolute Gasteiger partial charge is 0.394 e. The van der Waals surface area contributed by atoms with Crippen molar-refractivity contribution >= 4 is 6.21 Å². The van der Waals surface area contributed by atoms with Gasteiger partial charge in [0.25, 0.3) is 0 Å². The van der Waals surface area contributed by atoms with Crippen LogP contribution in [0.2, 0.25) is 0 Å². The SMILES string of the molecule is CC[C@H](C)[C@@H](CO)N=Cc1ccccn1. The van der Waals surface area contributed by atoms with Crippen LogP contribution < -0.4 is 0 Å². The lowest BCUT2D eigenvalue weighted by Gasteiger charge is -2.15. The van der Waals surface area contributed by atoms with Gasteiger partial charge in [0, 0.05) is 12.4 Å². The molecule has 0 aliphatic heterocycles. The minimum Gasteiger partial charge on any atom is -0.394 e. The number of nitrogens with zero attached hydrogens (tertiary/aromatic N) is 2. The number of pyridine rings is 1. The molecule has 0 saturated heterocycles. The Labute approximate surface area is 90.9 Å². The molecule has 15 heavy (non-hydrogen) atoms. The van der Waals surface area contributed by atoms with Crippen LogP contribution in [0.5, 0.6) is 0 Å². The summed E-state index contributed by atoms with van der Waals surface area (Å²) in [4.78, 5) is 8.48. The van der Waals surface area contributed by atoms with Crippen LogP contribution in [0.3, 0.4) is 0 Å². The summed E-state index contributed by atoms with van der Waals surface area (Å²) in [5, 5.41) is 9.17. The van der Waals surface area contributed by atoms with Gasteiger partial charge in [-0.2, -0.15) is 0 Å². The molecular formula is C12H18N2O. The summed E-state index contributed by atoms with van der Waals surface area (Å²) in [6.07, 6.45) is 4.48. The third-order valence-electron chi connectivity index (χ3n) is 2.57. The normalized spacial score (nSPS) is 15.4. The highest BCUT2D eigenvalue weighted by Crippen LogP contribution is 2.10. The van der Waals surface area contributed by atoms with Crippen molar-refractivity contribution < 1.29 is 5.11 Å². The average Bonchev–Trinajstić information content (AvgIpc) is 2.31. The van der Waals surface area contributed by atoms with Crippen molar-refractivity contribution in [1.82, 2.24) is 4.98 Å². The van der Waals surface area contributed by atoms with Crippen molar-refractivity contribution in [2.75, 3.05) is 6.61 Å². The molecular weight excluding hydrogens is 188 g/mol. The van der Waals surface area contributed by atoms with E-state index in [1.54, 1.807) is 12.4 Å². The number of aromatic nitrogens is 1. The minimum atomic E-state index is -0.0167. The summed E-state index contributed by atoms with van der Waals surface area (Å²) >= 11 is 0. The summed E-state index contributed by atoms with van der Waals surface area (Å²) in [7, 11) is 0. The number of aliphatic hydroxyl groups excluding tert-OH is 1. The lowest BCUT2D eigenvalue weighted by atomic mass is 10.0. The van der Waals surface area contributed by atoms with Gasteiger partial charge in [-0.25, -0.2) is 0 Å². The molecule has 0 fully saturated rings. The predicted octanol–water partition coefficient (Wildman–Crippen LogP) is 1.91. The van der Waals surface area contributed by atoms with E-state index in [2.05, 4.69) is 23.8 Å². The first-order valence-electron chi connectivity index (χ1n) is 5.33. The second kappa shape index (κ2) is 6.30. The van der Waals surface area contributed by atoms with Gasteiger partial charge < -0.3 is 5.11 Å². The summed E-state index contributed by atoms with van der Waals surface area (Å²) < 4.78 is 0. The van der Waals surface area contributed by atoms with Gasteiger partial charge in [0.2, 0.25) is 0 Å². The Bertz CT molecular complexity index is 298. The molecule has 0 bridgehead atoms. The number of hydrogen-bond donors (Lipinski definition) is 1. The van der Waals surface area contributed by atoms with Gasteiger partial charge in [0.1, 0.15) is 0 Å². The summed E-state index contributed by atoms with van der Waals surface area (Å²) in [6, 6.07) is 5.67. The lowest BCUT2D eigenvalue weighted by Crippen LogP contribution is -2.19. The molecule has 1 rings (SSSR count). The Morgan fingerprint density at radius 1 is 1.53 bits per heavy atom. The maximum absolute atomic E-state index is 9.17. The van der Waals surface area contributed by atoms with E-state index in [4.69, 9.17) is 0 Å². The maximum atomic E-state index is 9.17. The second-order valence-corrected chi connectivity index (χ2v) is 3.67. The molecule has 1 aromatic heterocycles. The van der Waals surface area contributed by atoms with Crippen molar-refractivity contribution in [1.29, 1.82) is 0 Å². The van der Waals surface area contributed by atoms with E-state index >= 15 is 0 Å². The van der Waals surface area contributed by atoms with E-state index in [0.717, 1.165) is 12.1 Å². The lowest BCUT2D eigenvalue weighted by molar-refractivity contribution is 0.232. The third kappa shape index (κ3) is 3.80. The molecule has 3 heteroatoms. The zero-order valence-corrected chi connectivity index (χ0v) is 9.30. The maximum Gasteiger partial charge on any atom is 0.0807 e. The quantitative estimate of drug-likeness (QED) is 0.748. The fourth-order valence-electron chi connectivity index (χ4n) is 1.27. The fraction of sp³-hybridized carbons (Fsp3) is 0.500. The highest BCUT2D eigenvalue weighted by atomic mass is 16.3. The molecule has 0 radical (unpaired) electrons. The predicted molar refractivity (Wildman–Crippen MR) is 62.2 cm³/mol. The third-order valence-corrected chi connectivity index (χ3v) is 2.57. The van der Waals surface area contributed by atoms with Gasteiger partial charge >= 0.3 is 0 Å². The van der Waals surface area contributed by atoms with Gasteiger partial charge in [0.05, 0.1) is 18.3 Å². The molecule has 0 spiro atoms. The molecule has 0 aromatic carbocycles. The van der Waals surface area contributed by atoms with E-state index in [9.17, 15) is 5.11 Å². The molecule has 0 amide bonds. The molecule has 1 aromatic rings. The number of hydrogen-bond acceptors (Lipinski definition) is 3. The van der Waals surface area contributed by atoms with Crippen molar-refractivity contribution in [3.63, 3.8) is 0 Å². The Kier molecular flexibility index (Phi) is 4.98. The highest BCUT2D eigenvalue weighted by molar-refractivity contribution is 5.76. The van der Waals surface area contributed by atoms with Crippen molar-refractivity contribution in [2.45, 2.75) is 26.3 Å². The van der Waals surface area contributed by atoms with Gasteiger partial charge in [-0.1, -0.05) is 26.3 Å². The van der Waals surface area contributed by atoms with Crippen LogP contribution in [-0.4, -0.2) is 29.0 Å². The number of aliphatic imine (C=N–C) groups is 1. The molecule has 0 aliphatic carbocycles. The van der Waals surface area contributed by atoms with Crippen LogP contribution in [0.25, 0.3) is 0 Å². The van der Waals surface area contributed by atoms with Crippen molar-refractivity contribution in [2.24, 2.45) is 10.9 Å². The zero-order valence-electron chi connectivity index (χ0n) is 9.30. The molecule has 2 atom stereocenters. The van der Waals surface area contributed by atoms with Gasteiger partial charge in [-0.05, 0) is 18.1 Å². The van der Waals surface area contributed by atoms with Crippen molar-refractivity contribution in [3.8, 4) is 0 Å². The monoisotopic (exact) mass is 206 g/mol. The van der Waals surface area contributed by atoms with Crippen LogP contribution in [0.4, 0.5) is 0 Å². The first-order chi connectivity index (χ1) is 7.27. The number of aliphatic hydroxyl groups is 1. The smallest absolute Gasteiger partial charge is 0.0807 e. The van der Waals surface area contributed by atoms with E-state index in [1.165, 1.54) is 0 Å². The zero-order chi connectivity index (χ0) is 11.1. The molecule has 0 unspecified atom stereocenters. The molecule has 3 nitrogen and oxygen atoms in total. The highest BCUT2D eigenvalue weighted by Gasteiger charge is 2.11. The fourth-order valence-corrected chi connectivity index (χ4v) is 1.27. The van der Waals surface area contributed by atoms with Crippen molar-refractivity contribution in [3.05, 3.63) is 30.1 Å². The van der Waals surface area contributed by atoms with E-state index in [1.807, 2.05) is 18.2 Å².